The van der Waals surface area contributed by atoms with Crippen molar-refractivity contribution < 1.29 is 76.8 Å². The van der Waals surface area contributed by atoms with Gasteiger partial charge in [-0.25, -0.2) is 13.2 Å². The molecule has 0 amide bonds. The topological polar surface area (TPSA) is 187 Å². The van der Waals surface area contributed by atoms with Crippen LogP contribution in [0.4, 0.5) is 0 Å². The van der Waals surface area contributed by atoms with Crippen LogP contribution in [0.25, 0.3) is 11.0 Å². The molecule has 2 aromatic rings. The van der Waals surface area contributed by atoms with Crippen LogP contribution in [0.3, 0.4) is 0 Å². The molecular formula is C17H19NaO11S. The van der Waals surface area contributed by atoms with Crippen molar-refractivity contribution in [3.63, 3.8) is 0 Å². The van der Waals surface area contributed by atoms with Gasteiger partial charge in [0, 0.05) is 17.0 Å². The van der Waals surface area contributed by atoms with E-state index < -0.39 is 58.8 Å². The Hall–Kier alpha value is -1.06. The summed E-state index contributed by atoms with van der Waals surface area (Å²) in [6.45, 7) is 0.851. The minimum Gasteiger partial charge on any atom is -0.748 e. The van der Waals surface area contributed by atoms with E-state index in [1.54, 1.807) is 0 Å². The number of fused-ring (bicyclic) bond motifs is 1. The molecule has 0 aliphatic carbocycles. The van der Waals surface area contributed by atoms with Crippen molar-refractivity contribution in [3.8, 4) is 5.75 Å². The molecule has 3 rings (SSSR count). The summed E-state index contributed by atoms with van der Waals surface area (Å²) in [5, 5.41) is 39.2. The van der Waals surface area contributed by atoms with E-state index in [2.05, 4.69) is 0 Å². The molecule has 1 fully saturated rings. The summed E-state index contributed by atoms with van der Waals surface area (Å²) in [7, 11) is -4.65. The smallest absolute Gasteiger partial charge is 0.748 e. The first-order valence-electron chi connectivity index (χ1n) is 8.49. The van der Waals surface area contributed by atoms with E-state index in [1.807, 2.05) is 0 Å². The molecule has 2 heterocycles. The summed E-state index contributed by atoms with van der Waals surface area (Å²) in [6, 6.07) is 3.65. The molecule has 0 bridgehead atoms. The maximum Gasteiger partial charge on any atom is 1.00 e. The maximum absolute atomic E-state index is 11.8. The fourth-order valence-electron chi connectivity index (χ4n) is 3.14. The number of aliphatic hydroxyl groups is 4. The molecular weight excluding hydrogens is 435 g/mol. The SMILES string of the molecule is Cc1c(O[C@@H]2OC(CO)[C@H](O)[C@@H](O)C2O)ccc2c(CS(=O)(=O)[O-])cc(=O)oc12.[Na+]. The number of benzene rings is 1. The van der Waals surface area contributed by atoms with Gasteiger partial charge >= 0.3 is 35.2 Å². The Morgan fingerprint density at radius 1 is 1.17 bits per heavy atom. The molecule has 1 saturated heterocycles. The molecule has 5 atom stereocenters. The van der Waals surface area contributed by atoms with E-state index in [-0.39, 0.29) is 57.4 Å². The molecule has 13 heteroatoms. The van der Waals surface area contributed by atoms with Crippen molar-refractivity contribution in [1.82, 2.24) is 0 Å². The first kappa shape index (κ1) is 25.2. The van der Waals surface area contributed by atoms with Crippen LogP contribution in [0, 0.1) is 6.92 Å². The Balaban J connectivity index is 0.00000320. The van der Waals surface area contributed by atoms with Crippen molar-refractivity contribution in [1.29, 1.82) is 0 Å². The average molecular weight is 454 g/mol. The van der Waals surface area contributed by atoms with Crippen LogP contribution in [0.15, 0.2) is 27.4 Å². The molecule has 1 aliphatic rings. The third kappa shape index (κ3) is 5.22. The minimum atomic E-state index is -4.65. The Morgan fingerprint density at radius 3 is 2.43 bits per heavy atom. The van der Waals surface area contributed by atoms with Crippen LogP contribution in [0.5, 0.6) is 5.75 Å². The van der Waals surface area contributed by atoms with Gasteiger partial charge < -0.3 is 38.9 Å². The zero-order valence-electron chi connectivity index (χ0n) is 16.1. The monoisotopic (exact) mass is 454 g/mol. The van der Waals surface area contributed by atoms with Gasteiger partial charge in [-0.3, -0.25) is 0 Å². The van der Waals surface area contributed by atoms with E-state index in [1.165, 1.54) is 19.1 Å². The van der Waals surface area contributed by atoms with Crippen molar-refractivity contribution in [2.24, 2.45) is 0 Å². The molecule has 2 unspecified atom stereocenters. The predicted molar refractivity (Wildman–Crippen MR) is 95.0 cm³/mol. The molecule has 0 saturated carbocycles. The van der Waals surface area contributed by atoms with Gasteiger partial charge in [0.25, 0.3) is 0 Å². The van der Waals surface area contributed by atoms with Crippen LogP contribution in [-0.2, 0) is 20.6 Å². The van der Waals surface area contributed by atoms with Crippen molar-refractivity contribution in [3.05, 3.63) is 39.7 Å². The van der Waals surface area contributed by atoms with Gasteiger partial charge in [0.1, 0.15) is 35.7 Å². The van der Waals surface area contributed by atoms with Crippen molar-refractivity contribution in [2.45, 2.75) is 43.4 Å². The second-order valence-electron chi connectivity index (χ2n) is 6.67. The Kier molecular flexibility index (Phi) is 8.07. The van der Waals surface area contributed by atoms with E-state index in [0.29, 0.717) is 0 Å². The molecule has 30 heavy (non-hydrogen) atoms. The average Bonchev–Trinajstić information content (AvgIpc) is 2.63. The largest absolute Gasteiger partial charge is 1.00 e. The van der Waals surface area contributed by atoms with Gasteiger partial charge in [-0.15, -0.1) is 0 Å². The molecule has 1 aromatic carbocycles. The van der Waals surface area contributed by atoms with Crippen LogP contribution in [-0.4, -0.2) is 70.7 Å². The van der Waals surface area contributed by atoms with Crippen LogP contribution in [0.1, 0.15) is 11.1 Å². The van der Waals surface area contributed by atoms with Crippen molar-refractivity contribution in [2.75, 3.05) is 6.61 Å². The molecule has 4 N–H and O–H groups in total. The van der Waals surface area contributed by atoms with Gasteiger partial charge in [-0.1, -0.05) is 0 Å². The zero-order chi connectivity index (χ0) is 21.5. The number of ether oxygens (including phenoxy) is 2. The second kappa shape index (κ2) is 9.61. The number of aliphatic hydroxyl groups excluding tert-OH is 4. The fourth-order valence-corrected chi connectivity index (χ4v) is 3.76. The first-order valence-corrected chi connectivity index (χ1v) is 10.1. The standard InChI is InChI=1S/C17H20O11S.Na/c1-7-10(26-17-15(22)14(21)13(20)11(5-18)27-17)3-2-9-8(6-29(23,24)25)4-12(19)28-16(7)9;/h2-4,11,13-15,17-18,20-22H,5-6H2,1H3,(H,23,24,25);/q;+1/p-1/t11?,13-,14+,15?,17+;/m0./s1. The summed E-state index contributed by atoms with van der Waals surface area (Å²) in [5.41, 5.74) is -0.696. The normalized spacial score (nSPS) is 26.9. The Labute approximate surface area is 192 Å². The van der Waals surface area contributed by atoms with Crippen molar-refractivity contribution >= 4 is 21.1 Å². The van der Waals surface area contributed by atoms with Gasteiger partial charge in [0.2, 0.25) is 6.29 Å². The van der Waals surface area contributed by atoms with E-state index in [0.717, 1.165) is 6.07 Å². The molecule has 1 aromatic heterocycles. The molecule has 160 valence electrons. The predicted octanol–water partition coefficient (Wildman–Crippen LogP) is -4.67. The number of rotatable bonds is 5. The summed E-state index contributed by atoms with van der Waals surface area (Å²) in [4.78, 5) is 11.8. The van der Waals surface area contributed by atoms with Crippen LogP contribution in [0.2, 0.25) is 0 Å². The van der Waals surface area contributed by atoms with E-state index >= 15 is 0 Å². The quantitative estimate of drug-likeness (QED) is 0.193. The van der Waals surface area contributed by atoms with E-state index in [9.17, 15) is 38.2 Å². The van der Waals surface area contributed by atoms with Gasteiger partial charge in [0.05, 0.1) is 22.5 Å². The number of aryl methyl sites for hydroxylation is 1. The van der Waals surface area contributed by atoms with Gasteiger partial charge in [-0.05, 0) is 24.6 Å². The number of hydrogen-bond acceptors (Lipinski definition) is 11. The Bertz CT molecular complexity index is 1070. The minimum absolute atomic E-state index is 0. The summed E-state index contributed by atoms with van der Waals surface area (Å²) < 4.78 is 49.2. The van der Waals surface area contributed by atoms with Gasteiger partial charge in [-0.2, -0.15) is 0 Å². The summed E-state index contributed by atoms with van der Waals surface area (Å²) in [5.74, 6) is -0.839. The third-order valence-corrected chi connectivity index (χ3v) is 5.29. The van der Waals surface area contributed by atoms with Crippen LogP contribution >= 0.6 is 0 Å². The Morgan fingerprint density at radius 2 is 1.83 bits per heavy atom. The molecule has 1 aliphatic heterocycles. The first-order chi connectivity index (χ1) is 13.5. The summed E-state index contributed by atoms with van der Waals surface area (Å²) in [6.07, 6.45) is -7.47. The second-order valence-corrected chi connectivity index (χ2v) is 8.08. The molecule has 0 spiro atoms. The fraction of sp³-hybridized carbons (Fsp3) is 0.471. The molecule has 0 radical (unpaired) electrons. The summed E-state index contributed by atoms with van der Waals surface area (Å²) >= 11 is 0. The third-order valence-electron chi connectivity index (χ3n) is 4.62. The van der Waals surface area contributed by atoms with E-state index in [4.69, 9.17) is 13.9 Å². The van der Waals surface area contributed by atoms with Crippen LogP contribution < -0.4 is 39.9 Å². The number of hydrogen-bond donors (Lipinski definition) is 4. The zero-order valence-corrected chi connectivity index (χ0v) is 18.9. The molecule has 11 nitrogen and oxygen atoms in total. The van der Waals surface area contributed by atoms with Gasteiger partial charge in [0.15, 0.2) is 0 Å². The maximum atomic E-state index is 11.8.